The van der Waals surface area contributed by atoms with Gasteiger partial charge in [-0.2, -0.15) is 0 Å². The SMILES string of the molecule is Br.CCCCC(C)NC1CCc2c(ccc(O)c2O)C1O. The number of hydrogen-bond donors (Lipinski definition) is 4. The lowest BCUT2D eigenvalue weighted by Crippen LogP contribution is -2.43. The number of benzene rings is 1. The zero-order valence-electron chi connectivity index (χ0n) is 12.7. The fraction of sp³-hybridized carbons (Fsp3) is 0.625. The number of aliphatic hydroxyl groups is 1. The maximum atomic E-state index is 10.5. The predicted molar refractivity (Wildman–Crippen MR) is 89.3 cm³/mol. The minimum atomic E-state index is -0.630. The Bertz CT molecular complexity index is 467. The smallest absolute Gasteiger partial charge is 0.161 e. The van der Waals surface area contributed by atoms with Gasteiger partial charge < -0.3 is 20.6 Å². The zero-order chi connectivity index (χ0) is 14.7. The van der Waals surface area contributed by atoms with Crippen molar-refractivity contribution < 1.29 is 15.3 Å². The fourth-order valence-electron chi connectivity index (χ4n) is 2.99. The molecule has 4 N–H and O–H groups in total. The molecule has 0 aliphatic heterocycles. The van der Waals surface area contributed by atoms with Crippen molar-refractivity contribution in [3.05, 3.63) is 23.3 Å². The van der Waals surface area contributed by atoms with Crippen LogP contribution in [0.5, 0.6) is 11.5 Å². The maximum Gasteiger partial charge on any atom is 0.161 e. The van der Waals surface area contributed by atoms with Crippen molar-refractivity contribution in [3.63, 3.8) is 0 Å². The molecule has 0 aromatic heterocycles. The van der Waals surface area contributed by atoms with Crippen LogP contribution in [0, 0.1) is 0 Å². The van der Waals surface area contributed by atoms with Crippen molar-refractivity contribution in [2.45, 2.75) is 64.1 Å². The summed E-state index contributed by atoms with van der Waals surface area (Å²) in [4.78, 5) is 0. The fourth-order valence-corrected chi connectivity index (χ4v) is 2.99. The highest BCUT2D eigenvalue weighted by molar-refractivity contribution is 8.93. The molecule has 0 spiro atoms. The van der Waals surface area contributed by atoms with Gasteiger partial charge in [0, 0.05) is 17.6 Å². The van der Waals surface area contributed by atoms with Crippen molar-refractivity contribution in [2.24, 2.45) is 0 Å². The first-order valence-electron chi connectivity index (χ1n) is 7.52. The largest absolute Gasteiger partial charge is 0.504 e. The number of rotatable bonds is 5. The summed E-state index contributed by atoms with van der Waals surface area (Å²) in [5.41, 5.74) is 1.41. The Balaban J connectivity index is 0.00000220. The molecule has 0 saturated heterocycles. The van der Waals surface area contributed by atoms with Crippen LogP contribution in [0.3, 0.4) is 0 Å². The lowest BCUT2D eigenvalue weighted by atomic mass is 9.84. The molecule has 4 nitrogen and oxygen atoms in total. The molecule has 2 rings (SSSR count). The van der Waals surface area contributed by atoms with Crippen LogP contribution in [-0.2, 0) is 6.42 Å². The van der Waals surface area contributed by atoms with E-state index in [9.17, 15) is 15.3 Å². The summed E-state index contributed by atoms with van der Waals surface area (Å²) in [6.45, 7) is 4.32. The van der Waals surface area contributed by atoms with Gasteiger partial charge in [-0.1, -0.05) is 25.8 Å². The molecule has 0 radical (unpaired) electrons. The summed E-state index contributed by atoms with van der Waals surface area (Å²) in [6, 6.07) is 3.54. The Morgan fingerprint density at radius 3 is 2.71 bits per heavy atom. The lowest BCUT2D eigenvalue weighted by molar-refractivity contribution is 0.107. The van der Waals surface area contributed by atoms with Crippen LogP contribution in [0.4, 0.5) is 0 Å². The number of phenols is 2. The second-order valence-corrected chi connectivity index (χ2v) is 5.80. The van der Waals surface area contributed by atoms with E-state index < -0.39 is 6.10 Å². The minimum Gasteiger partial charge on any atom is -0.504 e. The van der Waals surface area contributed by atoms with Gasteiger partial charge in [0.05, 0.1) is 6.10 Å². The van der Waals surface area contributed by atoms with E-state index in [0.717, 1.165) is 18.4 Å². The summed E-state index contributed by atoms with van der Waals surface area (Å²) < 4.78 is 0. The molecular formula is C16H26BrNO3. The van der Waals surface area contributed by atoms with E-state index in [1.165, 1.54) is 18.9 Å². The van der Waals surface area contributed by atoms with E-state index in [2.05, 4.69) is 19.2 Å². The quantitative estimate of drug-likeness (QED) is 0.609. The average molecular weight is 360 g/mol. The van der Waals surface area contributed by atoms with Gasteiger partial charge in [0.2, 0.25) is 0 Å². The third-order valence-corrected chi connectivity index (χ3v) is 4.19. The number of aromatic hydroxyl groups is 2. The third-order valence-electron chi connectivity index (χ3n) is 4.19. The number of hydrogen-bond acceptors (Lipinski definition) is 4. The highest BCUT2D eigenvalue weighted by Crippen LogP contribution is 2.39. The Morgan fingerprint density at radius 2 is 2.05 bits per heavy atom. The molecule has 0 saturated carbocycles. The van der Waals surface area contributed by atoms with Gasteiger partial charge in [-0.3, -0.25) is 0 Å². The molecule has 1 aromatic carbocycles. The van der Waals surface area contributed by atoms with Gasteiger partial charge in [0.1, 0.15) is 0 Å². The molecule has 3 atom stereocenters. The lowest BCUT2D eigenvalue weighted by Gasteiger charge is -2.33. The van der Waals surface area contributed by atoms with Crippen LogP contribution in [-0.4, -0.2) is 27.4 Å². The number of halogens is 1. The van der Waals surface area contributed by atoms with Gasteiger partial charge in [-0.05, 0) is 37.8 Å². The van der Waals surface area contributed by atoms with Crippen LogP contribution in [0.25, 0.3) is 0 Å². The Labute approximate surface area is 137 Å². The van der Waals surface area contributed by atoms with E-state index >= 15 is 0 Å². The first-order valence-corrected chi connectivity index (χ1v) is 7.52. The summed E-state index contributed by atoms with van der Waals surface area (Å²) in [6.07, 6.45) is 4.27. The van der Waals surface area contributed by atoms with Gasteiger partial charge in [-0.15, -0.1) is 17.0 Å². The van der Waals surface area contributed by atoms with Crippen LogP contribution in [0.15, 0.2) is 12.1 Å². The number of nitrogens with one attached hydrogen (secondary N) is 1. The number of phenolic OH excluding ortho intramolecular Hbond substituents is 2. The molecule has 3 unspecified atom stereocenters. The van der Waals surface area contributed by atoms with Crippen LogP contribution >= 0.6 is 17.0 Å². The molecule has 0 bridgehead atoms. The first kappa shape index (κ1) is 18.3. The number of fused-ring (bicyclic) bond motifs is 1. The molecule has 1 aliphatic carbocycles. The molecule has 0 fully saturated rings. The van der Waals surface area contributed by atoms with Gasteiger partial charge in [0.15, 0.2) is 11.5 Å². The van der Waals surface area contributed by atoms with E-state index in [0.29, 0.717) is 18.0 Å². The molecule has 21 heavy (non-hydrogen) atoms. The second-order valence-electron chi connectivity index (χ2n) is 5.80. The van der Waals surface area contributed by atoms with Crippen molar-refractivity contribution >= 4 is 17.0 Å². The summed E-state index contributed by atoms with van der Waals surface area (Å²) in [5, 5.41) is 33.3. The molecule has 0 amide bonds. The second kappa shape index (κ2) is 8.01. The highest BCUT2D eigenvalue weighted by atomic mass is 79.9. The van der Waals surface area contributed by atoms with Crippen LogP contribution < -0.4 is 5.32 Å². The normalized spacial score (nSPS) is 22.2. The van der Waals surface area contributed by atoms with E-state index in [-0.39, 0.29) is 34.5 Å². The molecule has 1 aromatic rings. The van der Waals surface area contributed by atoms with Gasteiger partial charge >= 0.3 is 0 Å². The highest BCUT2D eigenvalue weighted by Gasteiger charge is 2.30. The summed E-state index contributed by atoms with van der Waals surface area (Å²) >= 11 is 0. The molecule has 5 heteroatoms. The van der Waals surface area contributed by atoms with E-state index in [4.69, 9.17) is 0 Å². The summed E-state index contributed by atoms with van der Waals surface area (Å²) in [7, 11) is 0. The molecule has 120 valence electrons. The van der Waals surface area contributed by atoms with Crippen LogP contribution in [0.2, 0.25) is 0 Å². The third kappa shape index (κ3) is 4.11. The average Bonchev–Trinajstić information content (AvgIpc) is 2.43. The van der Waals surface area contributed by atoms with Crippen molar-refractivity contribution in [1.29, 1.82) is 0 Å². The molecular weight excluding hydrogens is 334 g/mol. The van der Waals surface area contributed by atoms with Crippen LogP contribution in [0.1, 0.15) is 56.8 Å². The zero-order valence-corrected chi connectivity index (χ0v) is 14.4. The number of aliphatic hydroxyl groups excluding tert-OH is 1. The molecule has 1 aliphatic rings. The van der Waals surface area contributed by atoms with Crippen molar-refractivity contribution in [3.8, 4) is 11.5 Å². The Morgan fingerprint density at radius 1 is 1.33 bits per heavy atom. The monoisotopic (exact) mass is 359 g/mol. The van der Waals surface area contributed by atoms with Gasteiger partial charge in [0.25, 0.3) is 0 Å². The first-order chi connectivity index (χ1) is 9.54. The molecule has 0 heterocycles. The predicted octanol–water partition coefficient (Wildman–Crippen LogP) is 3.19. The van der Waals surface area contributed by atoms with Gasteiger partial charge in [-0.25, -0.2) is 0 Å². The topological polar surface area (TPSA) is 72.7 Å². The van der Waals surface area contributed by atoms with Crippen molar-refractivity contribution in [2.75, 3.05) is 0 Å². The van der Waals surface area contributed by atoms with E-state index in [1.807, 2.05) is 0 Å². The maximum absolute atomic E-state index is 10.5. The standard InChI is InChI=1S/C16H25NO3.BrH/c1-3-4-5-10(2)17-13-8-6-12-11(15(13)19)7-9-14(18)16(12)20;/h7,9-10,13,15,17-20H,3-6,8H2,1-2H3;1H. The Hall–Kier alpha value is -0.780. The van der Waals surface area contributed by atoms with E-state index in [1.54, 1.807) is 6.07 Å². The van der Waals surface area contributed by atoms with Crippen molar-refractivity contribution in [1.82, 2.24) is 5.32 Å². The summed E-state index contributed by atoms with van der Waals surface area (Å²) in [5.74, 6) is -0.197. The minimum absolute atomic E-state index is 0. The number of unbranched alkanes of at least 4 members (excludes halogenated alkanes) is 1. The Kier molecular flexibility index (Phi) is 6.97.